The molecule has 0 saturated heterocycles. The van der Waals surface area contributed by atoms with Crippen LogP contribution in [-0.4, -0.2) is 24.9 Å². The first-order valence-electron chi connectivity index (χ1n) is 8.39. The Kier molecular flexibility index (Phi) is 3.72. The van der Waals surface area contributed by atoms with Crippen LogP contribution in [0.3, 0.4) is 0 Å². The summed E-state index contributed by atoms with van der Waals surface area (Å²) in [5.41, 5.74) is 4.55. The molecule has 0 fully saturated rings. The van der Waals surface area contributed by atoms with Crippen LogP contribution in [0, 0.1) is 12.8 Å². The minimum atomic E-state index is 0.0625. The number of thiophene rings is 1. The minimum Gasteiger partial charge on any atom is -0.377 e. The second-order valence-corrected chi connectivity index (χ2v) is 7.89. The summed E-state index contributed by atoms with van der Waals surface area (Å²) < 4.78 is 0. The SMILES string of the molecule is Cc1ccsc1C1Nc2ccc(C(=O)N(C)C)cc2C2C=CCC21. The molecule has 1 aromatic carbocycles. The number of fused-ring (bicyclic) bond motifs is 3. The molecule has 3 atom stereocenters. The van der Waals surface area contributed by atoms with Gasteiger partial charge in [-0.2, -0.15) is 0 Å². The van der Waals surface area contributed by atoms with E-state index in [-0.39, 0.29) is 5.91 Å². The number of anilines is 1. The van der Waals surface area contributed by atoms with E-state index in [1.54, 1.807) is 19.0 Å². The van der Waals surface area contributed by atoms with Gasteiger partial charge in [0, 0.05) is 36.1 Å². The number of hydrogen-bond donors (Lipinski definition) is 1. The summed E-state index contributed by atoms with van der Waals surface area (Å²) in [5, 5.41) is 5.93. The molecule has 1 aliphatic carbocycles. The second kappa shape index (κ2) is 5.78. The number of carbonyl (C=O) groups is 1. The van der Waals surface area contributed by atoms with E-state index in [0.717, 1.165) is 17.7 Å². The molecular formula is C20H22N2OS. The van der Waals surface area contributed by atoms with Gasteiger partial charge in [0.05, 0.1) is 6.04 Å². The Morgan fingerprint density at radius 1 is 1.29 bits per heavy atom. The highest BCUT2D eigenvalue weighted by Crippen LogP contribution is 2.51. The number of aryl methyl sites for hydroxylation is 1. The molecule has 24 heavy (non-hydrogen) atoms. The normalized spacial score (nSPS) is 24.2. The topological polar surface area (TPSA) is 32.3 Å². The zero-order chi connectivity index (χ0) is 16.8. The van der Waals surface area contributed by atoms with E-state index >= 15 is 0 Å². The van der Waals surface area contributed by atoms with Gasteiger partial charge in [-0.3, -0.25) is 4.79 Å². The highest BCUT2D eigenvalue weighted by Gasteiger charge is 2.39. The average molecular weight is 338 g/mol. The molecule has 3 unspecified atom stereocenters. The van der Waals surface area contributed by atoms with Gasteiger partial charge < -0.3 is 10.2 Å². The van der Waals surface area contributed by atoms with Crippen LogP contribution < -0.4 is 5.32 Å². The Balaban J connectivity index is 1.76. The van der Waals surface area contributed by atoms with E-state index in [1.807, 2.05) is 17.4 Å². The number of carbonyl (C=O) groups excluding carboxylic acids is 1. The van der Waals surface area contributed by atoms with Gasteiger partial charge in [0.25, 0.3) is 5.91 Å². The standard InChI is InChI=1S/C20H22N2OS/c1-12-9-10-24-19(12)18-15-6-4-5-14(15)16-11-13(20(23)22(2)3)7-8-17(16)21-18/h4-5,7-11,14-15,18,21H,6H2,1-3H3. The molecule has 1 amide bonds. The first-order chi connectivity index (χ1) is 11.6. The van der Waals surface area contributed by atoms with Crippen molar-refractivity contribution in [3.05, 3.63) is 63.4 Å². The Morgan fingerprint density at radius 2 is 2.12 bits per heavy atom. The number of amides is 1. The summed E-state index contributed by atoms with van der Waals surface area (Å²) in [5.74, 6) is 0.981. The molecule has 2 aromatic rings. The Labute approximate surface area is 147 Å². The second-order valence-electron chi connectivity index (χ2n) is 6.94. The highest BCUT2D eigenvalue weighted by atomic mass is 32.1. The largest absolute Gasteiger partial charge is 0.377 e. The molecule has 124 valence electrons. The van der Waals surface area contributed by atoms with E-state index in [1.165, 1.54) is 16.0 Å². The first-order valence-corrected chi connectivity index (χ1v) is 9.27. The van der Waals surface area contributed by atoms with E-state index in [9.17, 15) is 4.79 Å². The van der Waals surface area contributed by atoms with Crippen LogP contribution in [0.25, 0.3) is 0 Å². The lowest BCUT2D eigenvalue weighted by Crippen LogP contribution is -2.29. The maximum absolute atomic E-state index is 12.3. The zero-order valence-electron chi connectivity index (χ0n) is 14.2. The average Bonchev–Trinajstić information content (AvgIpc) is 3.22. The molecule has 3 nitrogen and oxygen atoms in total. The smallest absolute Gasteiger partial charge is 0.253 e. The van der Waals surface area contributed by atoms with Crippen LogP contribution in [0.4, 0.5) is 5.69 Å². The molecule has 1 aromatic heterocycles. The van der Waals surface area contributed by atoms with Crippen molar-refractivity contribution < 1.29 is 4.79 Å². The number of rotatable bonds is 2. The van der Waals surface area contributed by atoms with Crippen molar-refractivity contribution in [2.24, 2.45) is 5.92 Å². The molecule has 1 aliphatic heterocycles. The number of nitrogens with one attached hydrogen (secondary N) is 1. The molecule has 4 heteroatoms. The highest BCUT2D eigenvalue weighted by molar-refractivity contribution is 7.10. The lowest BCUT2D eigenvalue weighted by atomic mass is 9.78. The maximum atomic E-state index is 12.3. The van der Waals surface area contributed by atoms with Gasteiger partial charge >= 0.3 is 0 Å². The zero-order valence-corrected chi connectivity index (χ0v) is 15.1. The van der Waals surface area contributed by atoms with Gasteiger partial charge in [0.2, 0.25) is 0 Å². The van der Waals surface area contributed by atoms with Gasteiger partial charge in [0.1, 0.15) is 0 Å². The maximum Gasteiger partial charge on any atom is 0.253 e. The van der Waals surface area contributed by atoms with Crippen LogP contribution in [0.1, 0.15) is 44.7 Å². The van der Waals surface area contributed by atoms with Gasteiger partial charge in [0.15, 0.2) is 0 Å². The van der Waals surface area contributed by atoms with Crippen molar-refractivity contribution in [1.29, 1.82) is 0 Å². The Hall–Kier alpha value is -2.07. The minimum absolute atomic E-state index is 0.0625. The van der Waals surface area contributed by atoms with E-state index in [4.69, 9.17) is 0 Å². The van der Waals surface area contributed by atoms with Crippen molar-refractivity contribution in [3.8, 4) is 0 Å². The van der Waals surface area contributed by atoms with E-state index < -0.39 is 0 Å². The molecule has 1 N–H and O–H groups in total. The summed E-state index contributed by atoms with van der Waals surface area (Å²) in [4.78, 5) is 15.4. The summed E-state index contributed by atoms with van der Waals surface area (Å²) >= 11 is 1.84. The summed E-state index contributed by atoms with van der Waals surface area (Å²) in [6, 6.07) is 8.65. The summed E-state index contributed by atoms with van der Waals surface area (Å²) in [6.07, 6.45) is 5.71. The lowest BCUT2D eigenvalue weighted by Gasteiger charge is -2.37. The van der Waals surface area contributed by atoms with Gasteiger partial charge in [-0.05, 0) is 60.0 Å². The van der Waals surface area contributed by atoms with Gasteiger partial charge in [-0.25, -0.2) is 0 Å². The van der Waals surface area contributed by atoms with Crippen molar-refractivity contribution in [2.75, 3.05) is 19.4 Å². The predicted molar refractivity (Wildman–Crippen MR) is 99.9 cm³/mol. The van der Waals surface area contributed by atoms with Crippen LogP contribution in [-0.2, 0) is 0 Å². The number of allylic oxidation sites excluding steroid dienone is 2. The molecule has 0 radical (unpaired) electrons. The summed E-state index contributed by atoms with van der Waals surface area (Å²) in [6.45, 7) is 2.19. The van der Waals surface area contributed by atoms with Gasteiger partial charge in [-0.15, -0.1) is 11.3 Å². The molecule has 0 bridgehead atoms. The predicted octanol–water partition coefficient (Wildman–Crippen LogP) is 4.58. The third-order valence-electron chi connectivity index (χ3n) is 5.20. The number of benzene rings is 1. The molecule has 4 rings (SSSR count). The Morgan fingerprint density at radius 3 is 2.83 bits per heavy atom. The van der Waals surface area contributed by atoms with Crippen molar-refractivity contribution in [3.63, 3.8) is 0 Å². The molecule has 2 aliphatic rings. The Bertz CT molecular complexity index is 821. The monoisotopic (exact) mass is 338 g/mol. The molecule has 2 heterocycles. The first kappa shape index (κ1) is 15.5. The van der Waals surface area contributed by atoms with Crippen LogP contribution in [0.5, 0.6) is 0 Å². The number of nitrogens with zero attached hydrogens (tertiary/aromatic N) is 1. The van der Waals surface area contributed by atoms with Crippen molar-refractivity contribution in [2.45, 2.75) is 25.3 Å². The fraction of sp³-hybridized carbons (Fsp3) is 0.350. The van der Waals surface area contributed by atoms with Crippen molar-refractivity contribution in [1.82, 2.24) is 4.90 Å². The fourth-order valence-corrected chi connectivity index (χ4v) is 5.00. The van der Waals surface area contributed by atoms with E-state index in [2.05, 4.69) is 48.0 Å². The molecule has 0 saturated carbocycles. The fourth-order valence-electron chi connectivity index (χ4n) is 3.95. The van der Waals surface area contributed by atoms with Crippen LogP contribution >= 0.6 is 11.3 Å². The van der Waals surface area contributed by atoms with Gasteiger partial charge in [-0.1, -0.05) is 12.2 Å². The van der Waals surface area contributed by atoms with Crippen LogP contribution in [0.2, 0.25) is 0 Å². The number of hydrogen-bond acceptors (Lipinski definition) is 3. The summed E-state index contributed by atoms with van der Waals surface area (Å²) in [7, 11) is 3.60. The van der Waals surface area contributed by atoms with E-state index in [0.29, 0.717) is 17.9 Å². The lowest BCUT2D eigenvalue weighted by molar-refractivity contribution is 0.0827. The van der Waals surface area contributed by atoms with Crippen molar-refractivity contribution >= 4 is 22.9 Å². The van der Waals surface area contributed by atoms with Crippen LogP contribution in [0.15, 0.2) is 41.8 Å². The molecular weight excluding hydrogens is 316 g/mol. The quantitative estimate of drug-likeness (QED) is 0.813. The third-order valence-corrected chi connectivity index (χ3v) is 6.30. The molecule has 0 spiro atoms. The third kappa shape index (κ3) is 2.37.